The predicted molar refractivity (Wildman–Crippen MR) is 242 cm³/mol. The van der Waals surface area contributed by atoms with E-state index in [9.17, 15) is 14.4 Å². The minimum absolute atomic E-state index is 0.0899. The molecule has 336 valence electrons. The van der Waals surface area contributed by atoms with Crippen LogP contribution in [0.1, 0.15) is 290 Å². The van der Waals surface area contributed by atoms with Gasteiger partial charge in [0.05, 0.1) is 0 Å². The Morgan fingerprint density at radius 2 is 0.561 bits per heavy atom. The molecule has 0 atom stereocenters. The van der Waals surface area contributed by atoms with Crippen LogP contribution in [0.3, 0.4) is 0 Å². The summed E-state index contributed by atoms with van der Waals surface area (Å²) in [7, 11) is 0. The molecule has 0 rings (SSSR count). The van der Waals surface area contributed by atoms with E-state index >= 15 is 0 Å². The molecule has 0 aliphatic rings. The summed E-state index contributed by atoms with van der Waals surface area (Å²) in [6.07, 6.45) is 50.8. The molecule has 0 aromatic rings. The quantitative estimate of drug-likeness (QED) is 0.0264. The molecule has 0 amide bonds. The maximum Gasteiger partial charge on any atom is 0.311 e. The zero-order chi connectivity index (χ0) is 41.5. The van der Waals surface area contributed by atoms with Gasteiger partial charge < -0.3 is 14.2 Å². The lowest BCUT2D eigenvalue weighted by Crippen LogP contribution is -2.13. The SMILES string of the molecule is CCCCCCCCCCCCCCCC(=O)OC=C(COC(=O)CCCCCCCCCCCCCCC)OC(=O)CCCCCCCCCCCCCCC. The summed E-state index contributed by atoms with van der Waals surface area (Å²) in [5.74, 6) is -0.937. The summed E-state index contributed by atoms with van der Waals surface area (Å²) in [6, 6.07) is 0. The van der Waals surface area contributed by atoms with E-state index in [1.165, 1.54) is 199 Å². The van der Waals surface area contributed by atoms with Crippen LogP contribution in [0.4, 0.5) is 0 Å². The largest absolute Gasteiger partial charge is 0.457 e. The van der Waals surface area contributed by atoms with Gasteiger partial charge in [0.15, 0.2) is 12.4 Å². The van der Waals surface area contributed by atoms with Crippen molar-refractivity contribution < 1.29 is 28.6 Å². The second kappa shape index (κ2) is 46.8. The number of esters is 3. The average molecular weight is 805 g/mol. The third-order valence-corrected chi connectivity index (χ3v) is 11.4. The highest BCUT2D eigenvalue weighted by Gasteiger charge is 2.13. The van der Waals surface area contributed by atoms with Gasteiger partial charge in [-0.25, -0.2) is 0 Å². The van der Waals surface area contributed by atoms with Crippen molar-refractivity contribution in [2.75, 3.05) is 6.61 Å². The first kappa shape index (κ1) is 55.2. The fourth-order valence-corrected chi connectivity index (χ4v) is 7.56. The normalized spacial score (nSPS) is 11.6. The fourth-order valence-electron chi connectivity index (χ4n) is 7.56. The molecule has 0 aromatic carbocycles. The number of hydrogen-bond acceptors (Lipinski definition) is 6. The molecule has 6 nitrogen and oxygen atoms in total. The lowest BCUT2D eigenvalue weighted by Gasteiger charge is -2.10. The summed E-state index contributed by atoms with van der Waals surface area (Å²) in [5, 5.41) is 0. The van der Waals surface area contributed by atoms with E-state index < -0.39 is 0 Å². The van der Waals surface area contributed by atoms with E-state index in [2.05, 4.69) is 20.8 Å². The number of rotatable bonds is 46. The smallest absolute Gasteiger partial charge is 0.311 e. The third-order valence-electron chi connectivity index (χ3n) is 11.4. The standard InChI is InChI=1S/C51H96O6/c1-4-7-10-13-16-19-22-25-28-31-34-37-40-43-49(52)55-46-48(57-51(54)45-42-39-36-33-30-27-24-21-18-15-12-9-6-3)47-56-50(53)44-41-38-35-32-29-26-23-20-17-14-11-8-5-2/h46H,4-45,47H2,1-3H3. The van der Waals surface area contributed by atoms with Gasteiger partial charge >= 0.3 is 17.9 Å². The van der Waals surface area contributed by atoms with E-state index in [4.69, 9.17) is 14.2 Å². The first-order valence-electron chi connectivity index (χ1n) is 25.3. The van der Waals surface area contributed by atoms with Gasteiger partial charge in [0.25, 0.3) is 0 Å². The number of carbonyl (C=O) groups excluding carboxylic acids is 3. The Morgan fingerprint density at radius 1 is 0.316 bits per heavy atom. The van der Waals surface area contributed by atoms with Crippen LogP contribution in [0.25, 0.3) is 0 Å². The lowest BCUT2D eigenvalue weighted by molar-refractivity contribution is -0.148. The van der Waals surface area contributed by atoms with Gasteiger partial charge in [0, 0.05) is 19.3 Å². The van der Waals surface area contributed by atoms with Crippen molar-refractivity contribution in [1.82, 2.24) is 0 Å². The van der Waals surface area contributed by atoms with Gasteiger partial charge in [0.1, 0.15) is 6.26 Å². The van der Waals surface area contributed by atoms with Gasteiger partial charge in [-0.05, 0) is 19.3 Å². The van der Waals surface area contributed by atoms with Crippen LogP contribution >= 0.6 is 0 Å². The Morgan fingerprint density at radius 3 is 0.860 bits per heavy atom. The van der Waals surface area contributed by atoms with Crippen molar-refractivity contribution in [3.63, 3.8) is 0 Å². The average Bonchev–Trinajstić information content (AvgIpc) is 3.21. The molecule has 0 aliphatic carbocycles. The molecule has 57 heavy (non-hydrogen) atoms. The van der Waals surface area contributed by atoms with Crippen LogP contribution in [0.2, 0.25) is 0 Å². The van der Waals surface area contributed by atoms with Crippen molar-refractivity contribution in [2.45, 2.75) is 290 Å². The van der Waals surface area contributed by atoms with Crippen molar-refractivity contribution in [3.8, 4) is 0 Å². The van der Waals surface area contributed by atoms with E-state index in [0.717, 1.165) is 57.8 Å². The number of ether oxygens (including phenoxy) is 3. The molecule has 0 bridgehead atoms. The molecule has 6 heteroatoms. The monoisotopic (exact) mass is 805 g/mol. The Hall–Kier alpha value is -1.85. The van der Waals surface area contributed by atoms with E-state index in [1.807, 2.05) is 0 Å². The first-order chi connectivity index (χ1) is 28.0. The third kappa shape index (κ3) is 45.1. The van der Waals surface area contributed by atoms with Crippen LogP contribution in [-0.2, 0) is 28.6 Å². The summed E-state index contributed by atoms with van der Waals surface area (Å²) in [4.78, 5) is 37.8. The summed E-state index contributed by atoms with van der Waals surface area (Å²) in [5.41, 5.74) is 0. The van der Waals surface area contributed by atoms with Crippen LogP contribution in [0, 0.1) is 0 Å². The zero-order valence-electron chi connectivity index (χ0n) is 38.4. The minimum Gasteiger partial charge on any atom is -0.457 e. The van der Waals surface area contributed by atoms with E-state index in [0.29, 0.717) is 19.3 Å². The van der Waals surface area contributed by atoms with Crippen molar-refractivity contribution in [1.29, 1.82) is 0 Å². The molecule has 0 saturated carbocycles. The van der Waals surface area contributed by atoms with Gasteiger partial charge in [0.2, 0.25) is 0 Å². The highest BCUT2D eigenvalue weighted by atomic mass is 16.6. The molecular weight excluding hydrogens is 709 g/mol. The van der Waals surface area contributed by atoms with Gasteiger partial charge in [-0.15, -0.1) is 0 Å². The topological polar surface area (TPSA) is 78.9 Å². The molecule has 0 spiro atoms. The maximum atomic E-state index is 12.7. The van der Waals surface area contributed by atoms with Crippen LogP contribution in [0.15, 0.2) is 12.0 Å². The van der Waals surface area contributed by atoms with E-state index in [1.54, 1.807) is 0 Å². The van der Waals surface area contributed by atoms with Crippen molar-refractivity contribution in [2.24, 2.45) is 0 Å². The number of carbonyl (C=O) groups is 3. The van der Waals surface area contributed by atoms with Crippen LogP contribution in [-0.4, -0.2) is 24.5 Å². The van der Waals surface area contributed by atoms with Gasteiger partial charge in [-0.2, -0.15) is 0 Å². The predicted octanol–water partition coefficient (Wildman–Crippen LogP) is 16.9. The molecule has 0 unspecified atom stereocenters. The molecule has 0 aliphatic heterocycles. The summed E-state index contributed by atoms with van der Waals surface area (Å²) >= 11 is 0. The highest BCUT2D eigenvalue weighted by molar-refractivity contribution is 5.72. The summed E-state index contributed by atoms with van der Waals surface area (Å²) < 4.78 is 16.4. The number of unbranched alkanes of at least 4 members (excludes halogenated alkanes) is 36. The molecule has 0 fully saturated rings. The van der Waals surface area contributed by atoms with Gasteiger partial charge in [-0.1, -0.05) is 252 Å². The Kier molecular flexibility index (Phi) is 45.3. The second-order valence-corrected chi connectivity index (χ2v) is 17.2. The Bertz CT molecular complexity index is 898. The lowest BCUT2D eigenvalue weighted by atomic mass is 10.0. The molecule has 0 aromatic heterocycles. The summed E-state index contributed by atoms with van der Waals surface area (Å²) in [6.45, 7) is 6.59. The van der Waals surface area contributed by atoms with Crippen molar-refractivity contribution in [3.05, 3.63) is 12.0 Å². The van der Waals surface area contributed by atoms with Crippen LogP contribution in [0.5, 0.6) is 0 Å². The zero-order valence-corrected chi connectivity index (χ0v) is 38.4. The van der Waals surface area contributed by atoms with Crippen molar-refractivity contribution >= 4 is 17.9 Å². The molecule has 0 saturated heterocycles. The molecule has 0 N–H and O–H groups in total. The first-order valence-corrected chi connectivity index (χ1v) is 25.3. The minimum atomic E-state index is -0.371. The Balaban J connectivity index is 4.39. The maximum absolute atomic E-state index is 12.7. The van der Waals surface area contributed by atoms with Gasteiger partial charge in [-0.3, -0.25) is 14.4 Å². The fraction of sp³-hybridized carbons (Fsp3) is 0.902. The number of hydrogen-bond donors (Lipinski definition) is 0. The molecule has 0 radical (unpaired) electrons. The molecule has 0 heterocycles. The molecular formula is C51H96O6. The Labute approximate surface area is 354 Å². The highest BCUT2D eigenvalue weighted by Crippen LogP contribution is 2.17. The van der Waals surface area contributed by atoms with E-state index in [-0.39, 0.29) is 30.3 Å². The van der Waals surface area contributed by atoms with Crippen LogP contribution < -0.4 is 0 Å². The second-order valence-electron chi connectivity index (χ2n) is 17.2.